The lowest BCUT2D eigenvalue weighted by atomic mass is 9.86. The van der Waals surface area contributed by atoms with Crippen LogP contribution < -0.4 is 5.32 Å². The lowest BCUT2D eigenvalue weighted by Crippen LogP contribution is -2.46. The summed E-state index contributed by atoms with van der Waals surface area (Å²) in [6.07, 6.45) is 1.14. The number of rotatable bonds is 8. The van der Waals surface area contributed by atoms with Crippen LogP contribution >= 0.6 is 0 Å². The third-order valence-corrected chi connectivity index (χ3v) is 3.10. The van der Waals surface area contributed by atoms with Crippen molar-refractivity contribution in [2.45, 2.75) is 59.6 Å². The van der Waals surface area contributed by atoms with Crippen LogP contribution in [0.3, 0.4) is 0 Å². The smallest absolute Gasteiger partial charge is 0.0718 e. The Labute approximate surface area is 108 Å². The van der Waals surface area contributed by atoms with Gasteiger partial charge in [0.05, 0.1) is 5.60 Å². The van der Waals surface area contributed by atoms with Gasteiger partial charge in [-0.05, 0) is 32.7 Å². The molecule has 1 atom stereocenters. The number of likely N-dealkylation sites (N-methyl/N-ethyl adjacent to an activating group) is 1. The summed E-state index contributed by atoms with van der Waals surface area (Å²) < 4.78 is 0. The predicted octanol–water partition coefficient (Wildman–Crippen LogP) is 2.10. The molecule has 0 aromatic carbocycles. The highest BCUT2D eigenvalue weighted by Crippen LogP contribution is 2.22. The van der Waals surface area contributed by atoms with Gasteiger partial charge in [0.15, 0.2) is 0 Å². The summed E-state index contributed by atoms with van der Waals surface area (Å²) in [6, 6.07) is 0.528. The fourth-order valence-corrected chi connectivity index (χ4v) is 2.11. The molecule has 3 nitrogen and oxygen atoms in total. The maximum atomic E-state index is 9.82. The second-order valence-electron chi connectivity index (χ2n) is 6.68. The highest BCUT2D eigenvalue weighted by atomic mass is 16.3. The van der Waals surface area contributed by atoms with E-state index in [9.17, 15) is 5.11 Å². The fraction of sp³-hybridized carbons (Fsp3) is 1.00. The van der Waals surface area contributed by atoms with Crippen LogP contribution in [0.5, 0.6) is 0 Å². The Bertz CT molecular complexity index is 211. The van der Waals surface area contributed by atoms with Crippen LogP contribution in [-0.2, 0) is 0 Å². The molecule has 0 bridgehead atoms. The Morgan fingerprint density at radius 2 is 1.71 bits per heavy atom. The normalized spacial score (nSPS) is 16.6. The van der Waals surface area contributed by atoms with E-state index in [2.05, 4.69) is 45.0 Å². The average Bonchev–Trinajstić information content (AvgIpc) is 2.11. The third-order valence-electron chi connectivity index (χ3n) is 3.10. The number of hydrogen-bond acceptors (Lipinski definition) is 3. The number of aliphatic hydroxyl groups is 1. The highest BCUT2D eigenvalue weighted by molar-refractivity contribution is 4.81. The quantitative estimate of drug-likeness (QED) is 0.686. The minimum Gasteiger partial charge on any atom is -0.389 e. The third kappa shape index (κ3) is 8.58. The molecule has 0 saturated carbocycles. The molecule has 2 N–H and O–H groups in total. The zero-order valence-corrected chi connectivity index (χ0v) is 12.8. The Morgan fingerprint density at radius 1 is 1.18 bits per heavy atom. The molecule has 0 rings (SSSR count). The second-order valence-corrected chi connectivity index (χ2v) is 6.68. The first kappa shape index (κ1) is 16.9. The second kappa shape index (κ2) is 6.72. The lowest BCUT2D eigenvalue weighted by molar-refractivity contribution is 0.0313. The molecule has 0 fully saturated rings. The Balaban J connectivity index is 4.26. The van der Waals surface area contributed by atoms with Gasteiger partial charge in [0, 0.05) is 25.7 Å². The van der Waals surface area contributed by atoms with E-state index in [4.69, 9.17) is 0 Å². The molecule has 0 spiro atoms. The van der Waals surface area contributed by atoms with Gasteiger partial charge >= 0.3 is 0 Å². The summed E-state index contributed by atoms with van der Waals surface area (Å²) in [5.74, 6) is 0. The van der Waals surface area contributed by atoms with Crippen LogP contribution in [-0.4, -0.2) is 48.3 Å². The molecule has 3 heteroatoms. The molecule has 0 heterocycles. The van der Waals surface area contributed by atoms with Gasteiger partial charge in [-0.25, -0.2) is 0 Å². The van der Waals surface area contributed by atoms with Gasteiger partial charge in [0.25, 0.3) is 0 Å². The van der Waals surface area contributed by atoms with Crippen LogP contribution in [0.4, 0.5) is 0 Å². The standard InChI is InChI=1S/C14H32N2O/c1-8-14(6,9-15-12(2)3)11-16(7)10-13(4,5)17/h12,15,17H,8-11H2,1-7H3. The van der Waals surface area contributed by atoms with Gasteiger partial charge in [0.2, 0.25) is 0 Å². The molecule has 0 aliphatic heterocycles. The molecule has 0 aliphatic rings. The highest BCUT2D eigenvalue weighted by Gasteiger charge is 2.26. The van der Waals surface area contributed by atoms with Crippen LogP contribution in [0.1, 0.15) is 48.0 Å². The van der Waals surface area contributed by atoms with Crippen molar-refractivity contribution in [2.24, 2.45) is 5.41 Å². The molecule has 0 saturated heterocycles. The molecular weight excluding hydrogens is 212 g/mol. The van der Waals surface area contributed by atoms with Gasteiger partial charge < -0.3 is 15.3 Å². The van der Waals surface area contributed by atoms with Crippen molar-refractivity contribution < 1.29 is 5.11 Å². The van der Waals surface area contributed by atoms with Gasteiger partial charge in [-0.3, -0.25) is 0 Å². The van der Waals surface area contributed by atoms with Crippen molar-refractivity contribution in [3.8, 4) is 0 Å². The van der Waals surface area contributed by atoms with Crippen molar-refractivity contribution in [3.63, 3.8) is 0 Å². The van der Waals surface area contributed by atoms with E-state index < -0.39 is 5.60 Å². The van der Waals surface area contributed by atoms with Gasteiger partial charge in [0.1, 0.15) is 0 Å². The molecule has 1 unspecified atom stereocenters. The average molecular weight is 244 g/mol. The molecular formula is C14H32N2O. The zero-order valence-electron chi connectivity index (χ0n) is 12.8. The summed E-state index contributed by atoms with van der Waals surface area (Å²) >= 11 is 0. The first-order chi connectivity index (χ1) is 7.58. The van der Waals surface area contributed by atoms with E-state index in [0.29, 0.717) is 12.6 Å². The van der Waals surface area contributed by atoms with Crippen LogP contribution in [0.15, 0.2) is 0 Å². The molecule has 17 heavy (non-hydrogen) atoms. The van der Waals surface area contributed by atoms with Gasteiger partial charge in [-0.1, -0.05) is 27.7 Å². The lowest BCUT2D eigenvalue weighted by Gasteiger charge is -2.36. The van der Waals surface area contributed by atoms with E-state index >= 15 is 0 Å². The van der Waals surface area contributed by atoms with E-state index in [-0.39, 0.29) is 5.41 Å². The molecule has 0 aromatic rings. The topological polar surface area (TPSA) is 35.5 Å². The summed E-state index contributed by atoms with van der Waals surface area (Å²) in [4.78, 5) is 2.23. The Kier molecular flexibility index (Phi) is 6.67. The van der Waals surface area contributed by atoms with Crippen molar-refractivity contribution in [3.05, 3.63) is 0 Å². The van der Waals surface area contributed by atoms with Crippen molar-refractivity contribution in [1.29, 1.82) is 0 Å². The molecule has 0 aliphatic carbocycles. The van der Waals surface area contributed by atoms with E-state index in [0.717, 1.165) is 19.5 Å². The maximum absolute atomic E-state index is 9.82. The monoisotopic (exact) mass is 244 g/mol. The maximum Gasteiger partial charge on any atom is 0.0718 e. The summed E-state index contributed by atoms with van der Waals surface area (Å²) in [7, 11) is 2.08. The molecule has 104 valence electrons. The van der Waals surface area contributed by atoms with Crippen molar-refractivity contribution in [1.82, 2.24) is 10.2 Å². The Hall–Kier alpha value is -0.120. The largest absolute Gasteiger partial charge is 0.389 e. The van der Waals surface area contributed by atoms with Crippen molar-refractivity contribution in [2.75, 3.05) is 26.7 Å². The summed E-state index contributed by atoms with van der Waals surface area (Å²) in [6.45, 7) is 15.4. The van der Waals surface area contributed by atoms with Crippen molar-refractivity contribution >= 4 is 0 Å². The Morgan fingerprint density at radius 3 is 2.06 bits per heavy atom. The van der Waals surface area contributed by atoms with Crippen LogP contribution in [0, 0.1) is 5.41 Å². The summed E-state index contributed by atoms with van der Waals surface area (Å²) in [5, 5.41) is 13.3. The van der Waals surface area contributed by atoms with Gasteiger partial charge in [-0.15, -0.1) is 0 Å². The molecule has 0 aromatic heterocycles. The summed E-state index contributed by atoms with van der Waals surface area (Å²) in [5.41, 5.74) is -0.348. The van der Waals surface area contributed by atoms with E-state index in [1.165, 1.54) is 0 Å². The predicted molar refractivity (Wildman–Crippen MR) is 75.3 cm³/mol. The zero-order chi connectivity index (χ0) is 13.7. The first-order valence-electron chi connectivity index (χ1n) is 6.72. The number of nitrogens with zero attached hydrogens (tertiary/aromatic N) is 1. The SMILES string of the molecule is CCC(C)(CNC(C)C)CN(C)CC(C)(C)O. The van der Waals surface area contributed by atoms with E-state index in [1.807, 2.05) is 13.8 Å². The fourth-order valence-electron chi connectivity index (χ4n) is 2.11. The molecule has 0 radical (unpaired) electrons. The minimum atomic E-state index is -0.616. The van der Waals surface area contributed by atoms with Crippen LogP contribution in [0.25, 0.3) is 0 Å². The van der Waals surface area contributed by atoms with Crippen LogP contribution in [0.2, 0.25) is 0 Å². The first-order valence-corrected chi connectivity index (χ1v) is 6.72. The molecule has 0 amide bonds. The minimum absolute atomic E-state index is 0.268. The van der Waals surface area contributed by atoms with E-state index in [1.54, 1.807) is 0 Å². The van der Waals surface area contributed by atoms with Gasteiger partial charge in [-0.2, -0.15) is 0 Å². The number of hydrogen-bond donors (Lipinski definition) is 2. The number of nitrogens with one attached hydrogen (secondary N) is 1.